The van der Waals surface area contributed by atoms with Gasteiger partial charge in [-0.3, -0.25) is 0 Å². The molecule has 1 aliphatic carbocycles. The van der Waals surface area contributed by atoms with Crippen LogP contribution in [0.3, 0.4) is 0 Å². The molecule has 2 aliphatic rings. The monoisotopic (exact) mass is 428 g/mol. The van der Waals surface area contributed by atoms with Crippen LogP contribution in [0.15, 0.2) is 28.0 Å². The van der Waals surface area contributed by atoms with Crippen LogP contribution in [0.25, 0.3) is 0 Å². The zero-order valence-corrected chi connectivity index (χ0v) is 18.5. The van der Waals surface area contributed by atoms with Gasteiger partial charge in [-0.1, -0.05) is 19.3 Å². The molecule has 1 saturated heterocycles. The zero-order chi connectivity index (χ0) is 20.4. The van der Waals surface area contributed by atoms with Gasteiger partial charge in [-0.2, -0.15) is 0 Å². The lowest BCUT2D eigenvalue weighted by Crippen LogP contribution is -2.41. The highest BCUT2D eigenvalue weighted by molar-refractivity contribution is 7.91. The Morgan fingerprint density at radius 3 is 2.14 bits per heavy atom. The third-order valence-corrected chi connectivity index (χ3v) is 8.22. The molecule has 0 radical (unpaired) electrons. The van der Waals surface area contributed by atoms with Crippen molar-refractivity contribution in [1.82, 2.24) is 4.90 Å². The van der Waals surface area contributed by atoms with Gasteiger partial charge in [0.05, 0.1) is 15.5 Å². The lowest BCUT2D eigenvalue weighted by molar-refractivity contribution is 0.168. The summed E-state index contributed by atoms with van der Waals surface area (Å²) in [5.41, 5.74) is 0.501. The Morgan fingerprint density at radius 1 is 0.929 bits per heavy atom. The molecule has 6 nitrogen and oxygen atoms in total. The van der Waals surface area contributed by atoms with E-state index in [1.807, 2.05) is 0 Å². The predicted molar refractivity (Wildman–Crippen MR) is 112 cm³/mol. The van der Waals surface area contributed by atoms with Crippen molar-refractivity contribution in [1.29, 1.82) is 0 Å². The first-order valence-electron chi connectivity index (χ1n) is 10.2. The number of nitrogens with one attached hydrogen (secondary N) is 1. The number of sulfone groups is 2. The van der Waals surface area contributed by atoms with Gasteiger partial charge in [0.2, 0.25) is 0 Å². The highest BCUT2D eigenvalue weighted by atomic mass is 32.2. The molecule has 3 rings (SSSR count). The second-order valence-electron chi connectivity index (χ2n) is 8.43. The summed E-state index contributed by atoms with van der Waals surface area (Å²) in [6.07, 6.45) is 10.9. The number of hydrogen-bond acceptors (Lipinski definition) is 6. The molecule has 0 amide bonds. The third kappa shape index (κ3) is 5.70. The van der Waals surface area contributed by atoms with Crippen LogP contribution in [0, 0.1) is 5.92 Å². The standard InChI is InChI=1S/C20H32N2O4S2/c1-27(23,24)18-8-9-19(20(14-18)28(2,25)26)21-17-10-12-22(13-11-17)15-16-6-4-3-5-7-16/h8-9,14,16-17,21H,3-7,10-13,15H2,1-2H3. The second kappa shape index (κ2) is 8.71. The van der Waals surface area contributed by atoms with E-state index in [1.54, 1.807) is 6.07 Å². The van der Waals surface area contributed by atoms with Crippen molar-refractivity contribution < 1.29 is 16.8 Å². The first-order valence-corrected chi connectivity index (χ1v) is 13.9. The van der Waals surface area contributed by atoms with Crippen LogP contribution in [0.5, 0.6) is 0 Å². The molecule has 1 aliphatic heterocycles. The first-order chi connectivity index (χ1) is 13.1. The van der Waals surface area contributed by atoms with Gasteiger partial charge in [-0.15, -0.1) is 0 Å². The van der Waals surface area contributed by atoms with Crippen LogP contribution < -0.4 is 5.32 Å². The highest BCUT2D eigenvalue weighted by Crippen LogP contribution is 2.29. The van der Waals surface area contributed by atoms with E-state index < -0.39 is 19.7 Å². The molecule has 1 aromatic rings. The van der Waals surface area contributed by atoms with E-state index >= 15 is 0 Å². The van der Waals surface area contributed by atoms with Crippen molar-refractivity contribution in [3.8, 4) is 0 Å². The smallest absolute Gasteiger partial charge is 0.177 e. The maximum Gasteiger partial charge on any atom is 0.177 e. The van der Waals surface area contributed by atoms with E-state index in [0.29, 0.717) is 5.69 Å². The summed E-state index contributed by atoms with van der Waals surface area (Å²) < 4.78 is 48.0. The van der Waals surface area contributed by atoms with Gasteiger partial charge in [0, 0.05) is 38.2 Å². The third-order valence-electron chi connectivity index (χ3n) is 5.97. The molecule has 1 aromatic carbocycles. The van der Waals surface area contributed by atoms with Crippen molar-refractivity contribution >= 4 is 25.4 Å². The van der Waals surface area contributed by atoms with E-state index in [4.69, 9.17) is 0 Å². The minimum absolute atomic E-state index is 0.0285. The Hall–Kier alpha value is -1.12. The fourth-order valence-electron chi connectivity index (χ4n) is 4.37. The topological polar surface area (TPSA) is 83.6 Å². The van der Waals surface area contributed by atoms with Crippen LogP contribution >= 0.6 is 0 Å². The molecule has 0 spiro atoms. The normalized spacial score (nSPS) is 20.9. The predicted octanol–water partition coefficient (Wildman–Crippen LogP) is 2.95. The van der Waals surface area contributed by atoms with Gasteiger partial charge in [0.1, 0.15) is 0 Å². The Kier molecular flexibility index (Phi) is 6.72. The largest absolute Gasteiger partial charge is 0.381 e. The molecule has 0 unspecified atom stereocenters. The number of likely N-dealkylation sites (tertiary alicyclic amines) is 1. The summed E-state index contributed by atoms with van der Waals surface area (Å²) in [6, 6.07) is 4.53. The van der Waals surface area contributed by atoms with Gasteiger partial charge in [0.15, 0.2) is 19.7 Å². The van der Waals surface area contributed by atoms with Crippen molar-refractivity contribution in [2.45, 2.75) is 60.8 Å². The highest BCUT2D eigenvalue weighted by Gasteiger charge is 2.25. The summed E-state index contributed by atoms with van der Waals surface area (Å²) in [6.45, 7) is 3.22. The fourth-order valence-corrected chi connectivity index (χ4v) is 5.96. The molecule has 0 aromatic heterocycles. The van der Waals surface area contributed by atoms with Gasteiger partial charge in [-0.05, 0) is 49.8 Å². The SMILES string of the molecule is CS(=O)(=O)c1ccc(NC2CCN(CC3CCCCC3)CC2)c(S(C)(=O)=O)c1. The quantitative estimate of drug-likeness (QED) is 0.750. The van der Waals surface area contributed by atoms with Crippen molar-refractivity contribution in [2.24, 2.45) is 5.92 Å². The van der Waals surface area contributed by atoms with Gasteiger partial charge in [-0.25, -0.2) is 16.8 Å². The summed E-state index contributed by atoms with van der Waals surface area (Å²) in [4.78, 5) is 2.62. The van der Waals surface area contributed by atoms with Crippen molar-refractivity contribution in [3.05, 3.63) is 18.2 Å². The molecule has 1 saturated carbocycles. The minimum Gasteiger partial charge on any atom is -0.381 e. The molecule has 2 fully saturated rings. The summed E-state index contributed by atoms with van der Waals surface area (Å²) in [7, 11) is -6.99. The molecule has 1 heterocycles. The van der Waals surface area contributed by atoms with Crippen LogP contribution in [0.2, 0.25) is 0 Å². The lowest BCUT2D eigenvalue weighted by Gasteiger charge is -2.36. The molecular weight excluding hydrogens is 396 g/mol. The van der Waals surface area contributed by atoms with Crippen LogP contribution in [-0.2, 0) is 19.7 Å². The maximum absolute atomic E-state index is 12.2. The van der Waals surface area contributed by atoms with E-state index in [9.17, 15) is 16.8 Å². The second-order valence-corrected chi connectivity index (χ2v) is 12.4. The Balaban J connectivity index is 1.64. The van der Waals surface area contributed by atoms with Crippen LogP contribution in [0.1, 0.15) is 44.9 Å². The van der Waals surface area contributed by atoms with Crippen LogP contribution in [-0.4, -0.2) is 59.9 Å². The molecule has 28 heavy (non-hydrogen) atoms. The molecule has 0 atom stereocenters. The van der Waals surface area contributed by atoms with Gasteiger partial charge >= 0.3 is 0 Å². The van der Waals surface area contributed by atoms with Gasteiger partial charge < -0.3 is 10.2 Å². The van der Waals surface area contributed by atoms with Crippen LogP contribution in [0.4, 0.5) is 5.69 Å². The minimum atomic E-state index is -3.53. The summed E-state index contributed by atoms with van der Waals surface area (Å²) >= 11 is 0. The van der Waals surface area contributed by atoms with E-state index in [0.717, 1.165) is 44.4 Å². The number of benzene rings is 1. The summed E-state index contributed by atoms with van der Waals surface area (Å²) in [5, 5.41) is 3.36. The Morgan fingerprint density at radius 2 is 1.57 bits per heavy atom. The van der Waals surface area contributed by atoms with Crippen molar-refractivity contribution in [2.75, 3.05) is 37.5 Å². The Labute approximate surface area is 169 Å². The molecule has 1 N–H and O–H groups in total. The van der Waals surface area contributed by atoms with Crippen molar-refractivity contribution in [3.63, 3.8) is 0 Å². The average molecular weight is 429 g/mol. The average Bonchev–Trinajstić information content (AvgIpc) is 2.63. The molecular formula is C20H32N2O4S2. The van der Waals surface area contributed by atoms with E-state index in [2.05, 4.69) is 10.2 Å². The molecule has 158 valence electrons. The number of rotatable bonds is 6. The lowest BCUT2D eigenvalue weighted by atomic mass is 9.88. The zero-order valence-electron chi connectivity index (χ0n) is 16.9. The molecule has 8 heteroatoms. The number of hydrogen-bond donors (Lipinski definition) is 1. The maximum atomic E-state index is 12.2. The molecule has 0 bridgehead atoms. The summed E-state index contributed by atoms with van der Waals surface area (Å²) in [5.74, 6) is 0.832. The number of nitrogens with zero attached hydrogens (tertiary/aromatic N) is 1. The van der Waals surface area contributed by atoms with E-state index in [1.165, 1.54) is 50.8 Å². The van der Waals surface area contributed by atoms with E-state index in [-0.39, 0.29) is 15.8 Å². The Bertz CT molecular complexity index is 883. The fraction of sp³-hybridized carbons (Fsp3) is 0.700. The number of anilines is 1. The van der Waals surface area contributed by atoms with Gasteiger partial charge in [0.25, 0.3) is 0 Å². The number of piperidine rings is 1. The first kappa shape index (κ1) is 21.6.